The summed E-state index contributed by atoms with van der Waals surface area (Å²) < 4.78 is 0. The van der Waals surface area contributed by atoms with Crippen molar-refractivity contribution in [2.24, 2.45) is 11.8 Å². The highest BCUT2D eigenvalue weighted by molar-refractivity contribution is 5.86. The Labute approximate surface area is 119 Å². The third-order valence-electron chi connectivity index (χ3n) is 2.43. The van der Waals surface area contributed by atoms with Gasteiger partial charge in [-0.25, -0.2) is 9.59 Å². The molecule has 116 valence electrons. The first-order valence-electron chi connectivity index (χ1n) is 6.63. The average molecular weight is 288 g/mol. The summed E-state index contributed by atoms with van der Waals surface area (Å²) in [4.78, 5) is 35.1. The van der Waals surface area contributed by atoms with E-state index in [1.54, 1.807) is 0 Å². The maximum atomic E-state index is 12.1. The van der Waals surface area contributed by atoms with Crippen molar-refractivity contribution in [2.75, 3.05) is 13.1 Å². The number of carboxylic acid groups (broad SMARTS) is 2. The largest absolute Gasteiger partial charge is 0.481 e. The normalized spacial score (nSPS) is 12.3. The highest BCUT2D eigenvalue weighted by Gasteiger charge is 2.26. The number of urea groups is 1. The molecule has 3 N–H and O–H groups in total. The van der Waals surface area contributed by atoms with Crippen LogP contribution in [-0.2, 0) is 9.59 Å². The molecule has 20 heavy (non-hydrogen) atoms. The molecule has 7 heteroatoms. The van der Waals surface area contributed by atoms with E-state index in [1.807, 2.05) is 27.7 Å². The van der Waals surface area contributed by atoms with Gasteiger partial charge in [-0.15, -0.1) is 0 Å². The number of carbonyl (C=O) groups excluding carboxylic acids is 1. The second-order valence-electron chi connectivity index (χ2n) is 5.63. The molecule has 0 radical (unpaired) electrons. The molecule has 0 aliphatic heterocycles. The van der Waals surface area contributed by atoms with Gasteiger partial charge in [0.25, 0.3) is 0 Å². The number of rotatable bonds is 8. The molecule has 0 rings (SSSR count). The van der Waals surface area contributed by atoms with Crippen LogP contribution in [0, 0.1) is 11.8 Å². The van der Waals surface area contributed by atoms with Crippen LogP contribution in [0.5, 0.6) is 0 Å². The van der Waals surface area contributed by atoms with Crippen molar-refractivity contribution in [3.63, 3.8) is 0 Å². The fourth-order valence-corrected chi connectivity index (χ4v) is 1.74. The van der Waals surface area contributed by atoms with E-state index >= 15 is 0 Å². The fraction of sp³-hybridized carbons (Fsp3) is 0.769. The molecule has 0 bridgehead atoms. The summed E-state index contributed by atoms with van der Waals surface area (Å²) in [5.41, 5.74) is 0. The number of aliphatic carboxylic acids is 2. The van der Waals surface area contributed by atoms with Crippen molar-refractivity contribution in [2.45, 2.75) is 40.2 Å². The summed E-state index contributed by atoms with van der Waals surface area (Å²) in [6.45, 7) is 8.78. The molecule has 0 aromatic rings. The summed E-state index contributed by atoms with van der Waals surface area (Å²) in [6.07, 6.45) is -0.641. The molecule has 0 saturated carbocycles. The lowest BCUT2D eigenvalue weighted by Crippen LogP contribution is -2.50. The second kappa shape index (κ2) is 8.39. The zero-order valence-corrected chi connectivity index (χ0v) is 12.4. The van der Waals surface area contributed by atoms with E-state index in [0.717, 1.165) is 0 Å². The molecule has 0 fully saturated rings. The first-order chi connectivity index (χ1) is 9.13. The van der Waals surface area contributed by atoms with Gasteiger partial charge in [-0.3, -0.25) is 4.79 Å². The van der Waals surface area contributed by atoms with Gasteiger partial charge in [0.05, 0.1) is 6.42 Å². The molecule has 0 aromatic heterocycles. The van der Waals surface area contributed by atoms with Gasteiger partial charge >= 0.3 is 18.0 Å². The van der Waals surface area contributed by atoms with Gasteiger partial charge in [0.2, 0.25) is 0 Å². The predicted octanol–water partition coefficient (Wildman–Crippen LogP) is 1.24. The zero-order valence-electron chi connectivity index (χ0n) is 12.4. The van der Waals surface area contributed by atoms with E-state index in [9.17, 15) is 14.4 Å². The molecule has 0 unspecified atom stereocenters. The Hall–Kier alpha value is -1.79. The van der Waals surface area contributed by atoms with Gasteiger partial charge in [0, 0.05) is 13.1 Å². The molecule has 0 aliphatic carbocycles. The van der Waals surface area contributed by atoms with Crippen molar-refractivity contribution >= 4 is 18.0 Å². The lowest BCUT2D eigenvalue weighted by atomic mass is 10.1. The lowest BCUT2D eigenvalue weighted by Gasteiger charge is -2.27. The Morgan fingerprint density at radius 3 is 1.75 bits per heavy atom. The smallest absolute Gasteiger partial charge is 0.326 e. The molecular weight excluding hydrogens is 264 g/mol. The summed E-state index contributed by atoms with van der Waals surface area (Å²) in [7, 11) is 0. The maximum Gasteiger partial charge on any atom is 0.326 e. The molecule has 0 spiro atoms. The van der Waals surface area contributed by atoms with Gasteiger partial charge in [-0.1, -0.05) is 27.7 Å². The molecule has 0 aromatic carbocycles. The van der Waals surface area contributed by atoms with Crippen molar-refractivity contribution in [3.8, 4) is 0 Å². The molecule has 1 atom stereocenters. The number of carboxylic acids is 2. The first-order valence-corrected chi connectivity index (χ1v) is 6.63. The summed E-state index contributed by atoms with van der Waals surface area (Å²) in [5, 5.41) is 19.8. The average Bonchev–Trinajstić information content (AvgIpc) is 2.24. The van der Waals surface area contributed by atoms with Gasteiger partial charge in [0.1, 0.15) is 6.04 Å². The third kappa shape index (κ3) is 7.60. The number of nitrogens with one attached hydrogen (secondary N) is 1. The second-order valence-corrected chi connectivity index (χ2v) is 5.63. The van der Waals surface area contributed by atoms with Gasteiger partial charge in [0.15, 0.2) is 0 Å². The van der Waals surface area contributed by atoms with E-state index in [-0.39, 0.29) is 11.8 Å². The zero-order chi connectivity index (χ0) is 15.9. The Morgan fingerprint density at radius 1 is 1.00 bits per heavy atom. The van der Waals surface area contributed by atoms with E-state index in [2.05, 4.69) is 5.32 Å². The first kappa shape index (κ1) is 18.2. The van der Waals surface area contributed by atoms with Crippen LogP contribution in [0.4, 0.5) is 4.79 Å². The van der Waals surface area contributed by atoms with Crippen LogP contribution >= 0.6 is 0 Å². The third-order valence-corrected chi connectivity index (χ3v) is 2.43. The van der Waals surface area contributed by atoms with E-state index in [1.165, 1.54) is 4.90 Å². The van der Waals surface area contributed by atoms with Crippen molar-refractivity contribution in [1.82, 2.24) is 10.2 Å². The molecule has 0 saturated heterocycles. The van der Waals surface area contributed by atoms with E-state index < -0.39 is 30.4 Å². The monoisotopic (exact) mass is 288 g/mol. The highest BCUT2D eigenvalue weighted by Crippen LogP contribution is 2.05. The molecule has 0 heterocycles. The predicted molar refractivity (Wildman–Crippen MR) is 73.5 cm³/mol. The molecule has 2 amide bonds. The summed E-state index contributed by atoms with van der Waals surface area (Å²) in [5.74, 6) is -2.14. The topological polar surface area (TPSA) is 107 Å². The van der Waals surface area contributed by atoms with Crippen LogP contribution in [0.25, 0.3) is 0 Å². The minimum absolute atomic E-state index is 0.238. The number of hydrogen-bond donors (Lipinski definition) is 3. The number of nitrogens with zero attached hydrogens (tertiary/aromatic N) is 1. The van der Waals surface area contributed by atoms with Crippen LogP contribution in [0.15, 0.2) is 0 Å². The number of carbonyl (C=O) groups is 3. The Balaban J connectivity index is 4.77. The van der Waals surface area contributed by atoms with Crippen LogP contribution < -0.4 is 5.32 Å². The van der Waals surface area contributed by atoms with Gasteiger partial charge < -0.3 is 20.4 Å². The SMILES string of the molecule is CC(C)CN(CC(C)C)C(=O)N[C@H](CC(=O)O)C(=O)O. The van der Waals surface area contributed by atoms with Crippen LogP contribution in [0.3, 0.4) is 0 Å². The van der Waals surface area contributed by atoms with Gasteiger partial charge in [-0.2, -0.15) is 0 Å². The lowest BCUT2D eigenvalue weighted by molar-refractivity contribution is -0.145. The minimum atomic E-state index is -1.41. The Kier molecular flexibility index (Phi) is 7.64. The van der Waals surface area contributed by atoms with Crippen LogP contribution in [0.2, 0.25) is 0 Å². The van der Waals surface area contributed by atoms with Crippen LogP contribution in [-0.4, -0.2) is 52.2 Å². The maximum absolute atomic E-state index is 12.1. The molecule has 0 aliphatic rings. The Morgan fingerprint density at radius 2 is 1.45 bits per heavy atom. The van der Waals surface area contributed by atoms with Crippen molar-refractivity contribution < 1.29 is 24.6 Å². The molecule has 7 nitrogen and oxygen atoms in total. The standard InChI is InChI=1S/C13H24N2O5/c1-8(2)6-15(7-9(3)4)13(20)14-10(12(18)19)5-11(16)17/h8-10H,5-7H2,1-4H3,(H,14,20)(H,16,17)(H,18,19)/t10-/m1/s1. The Bertz CT molecular complexity index is 345. The number of amides is 2. The highest BCUT2D eigenvalue weighted by atomic mass is 16.4. The number of hydrogen-bond acceptors (Lipinski definition) is 3. The quantitative estimate of drug-likeness (QED) is 0.623. The summed E-state index contributed by atoms with van der Waals surface area (Å²) >= 11 is 0. The van der Waals surface area contributed by atoms with Gasteiger partial charge in [-0.05, 0) is 11.8 Å². The minimum Gasteiger partial charge on any atom is -0.481 e. The summed E-state index contributed by atoms with van der Waals surface area (Å²) in [6, 6.07) is -1.96. The fourth-order valence-electron chi connectivity index (χ4n) is 1.74. The molecular formula is C13H24N2O5. The van der Waals surface area contributed by atoms with Crippen molar-refractivity contribution in [1.29, 1.82) is 0 Å². The van der Waals surface area contributed by atoms with E-state index in [0.29, 0.717) is 13.1 Å². The van der Waals surface area contributed by atoms with Crippen molar-refractivity contribution in [3.05, 3.63) is 0 Å². The van der Waals surface area contributed by atoms with Crippen LogP contribution in [0.1, 0.15) is 34.1 Å². The van der Waals surface area contributed by atoms with E-state index in [4.69, 9.17) is 10.2 Å².